The van der Waals surface area contributed by atoms with Gasteiger partial charge in [0.2, 0.25) is 0 Å². The molecular weight excluding hydrogens is 753 g/mol. The van der Waals surface area contributed by atoms with Gasteiger partial charge in [0.25, 0.3) is 0 Å². The summed E-state index contributed by atoms with van der Waals surface area (Å²) in [6.45, 7) is 29.1. The van der Waals surface area contributed by atoms with Gasteiger partial charge >= 0.3 is 0 Å². The second-order valence-electron chi connectivity index (χ2n) is 17.1. The first-order valence-electron chi connectivity index (χ1n) is 22.6. The number of nitrogens with zero attached hydrogens (tertiary/aromatic N) is 10. The predicted molar refractivity (Wildman–Crippen MR) is 254 cm³/mol. The summed E-state index contributed by atoms with van der Waals surface area (Å²) in [4.78, 5) is 29.3. The summed E-state index contributed by atoms with van der Waals surface area (Å²) in [7, 11) is 2.20. The molecule has 4 aromatic heterocycles. The van der Waals surface area contributed by atoms with Gasteiger partial charge in [0.15, 0.2) is 11.3 Å². The monoisotopic (exact) mass is 821 g/mol. The highest BCUT2D eigenvalue weighted by molar-refractivity contribution is 5.77. The number of pyridine rings is 2. The van der Waals surface area contributed by atoms with Crippen molar-refractivity contribution >= 4 is 34.5 Å². The number of hydrogen-bond donors (Lipinski definition) is 0. The molecule has 2 aliphatic rings. The summed E-state index contributed by atoms with van der Waals surface area (Å²) >= 11 is 0. The lowest BCUT2D eigenvalue weighted by atomic mass is 10.1. The Morgan fingerprint density at radius 1 is 0.508 bits per heavy atom. The Morgan fingerprint density at radius 3 is 1.30 bits per heavy atom. The van der Waals surface area contributed by atoms with Crippen LogP contribution >= 0.6 is 0 Å². The molecule has 10 nitrogen and oxygen atoms in total. The third-order valence-electron chi connectivity index (χ3n) is 12.3. The molecule has 0 unspecified atom stereocenters. The van der Waals surface area contributed by atoms with Crippen molar-refractivity contribution in [2.24, 2.45) is 0 Å². The quantitative estimate of drug-likeness (QED) is 0.116. The van der Waals surface area contributed by atoms with Gasteiger partial charge in [-0.3, -0.25) is 9.80 Å². The standard InChI is InChI=1S/C26H35N5.C25H33N5/c1-5-24-28-25-20(3)18-21(4)27-26(25)31(24)19-23-11-9-22(10-12-23)8-7-13-30-16-14-29(6-2)15-17-30;1-5-23-27-24-19(2)17-20(3)26-25(24)30(23)18-22-10-8-21(9-11-22)7-6-12-29-15-13-28(4)14-16-29/h7-12,18H,5-6,13-17,19H2,1-4H3;6-11,17H,5,12-16,18H2,1-4H3/b8-7+;7-6+. The van der Waals surface area contributed by atoms with Crippen molar-refractivity contribution < 1.29 is 0 Å². The van der Waals surface area contributed by atoms with Gasteiger partial charge in [-0.15, -0.1) is 0 Å². The highest BCUT2D eigenvalue weighted by atomic mass is 15.3. The van der Waals surface area contributed by atoms with E-state index in [9.17, 15) is 0 Å². The first-order chi connectivity index (χ1) is 29.6. The topological polar surface area (TPSA) is 74.4 Å². The Hall–Kier alpha value is -5.00. The molecular formula is C51H68N10. The lowest BCUT2D eigenvalue weighted by Gasteiger charge is -2.33. The van der Waals surface area contributed by atoms with E-state index in [0.29, 0.717) is 0 Å². The summed E-state index contributed by atoms with van der Waals surface area (Å²) in [5, 5.41) is 0. The van der Waals surface area contributed by atoms with Crippen LogP contribution in [0.25, 0.3) is 34.5 Å². The molecule has 0 atom stereocenters. The smallest absolute Gasteiger partial charge is 0.160 e. The maximum absolute atomic E-state index is 4.86. The van der Waals surface area contributed by atoms with E-state index in [1.54, 1.807) is 0 Å². The number of aromatic nitrogens is 6. The zero-order chi connectivity index (χ0) is 42.9. The van der Waals surface area contributed by atoms with Crippen molar-refractivity contribution in [1.29, 1.82) is 0 Å². The van der Waals surface area contributed by atoms with E-state index >= 15 is 0 Å². The van der Waals surface area contributed by atoms with E-state index < -0.39 is 0 Å². The van der Waals surface area contributed by atoms with Gasteiger partial charge < -0.3 is 18.9 Å². The molecule has 2 saturated heterocycles. The minimum absolute atomic E-state index is 0.806. The van der Waals surface area contributed by atoms with Crippen LogP contribution in [0.15, 0.2) is 72.8 Å². The third kappa shape index (κ3) is 11.3. The number of rotatable bonds is 13. The Kier molecular flexibility index (Phi) is 15.0. The number of piperazine rings is 2. The van der Waals surface area contributed by atoms with Crippen LogP contribution < -0.4 is 0 Å². The second kappa shape index (κ2) is 20.7. The van der Waals surface area contributed by atoms with Crippen molar-refractivity contribution in [1.82, 2.24) is 48.7 Å². The maximum Gasteiger partial charge on any atom is 0.160 e. The molecule has 2 aliphatic heterocycles. The van der Waals surface area contributed by atoms with Crippen LogP contribution in [-0.4, -0.2) is 128 Å². The Balaban J connectivity index is 0.000000184. The number of likely N-dealkylation sites (N-methyl/N-ethyl adjacent to an activating group) is 2. The van der Waals surface area contributed by atoms with Crippen LogP contribution in [0.4, 0.5) is 0 Å². The molecule has 0 amide bonds. The normalized spacial score (nSPS) is 16.1. The Labute approximate surface area is 364 Å². The fourth-order valence-corrected chi connectivity index (χ4v) is 8.60. The van der Waals surface area contributed by atoms with Crippen molar-refractivity contribution in [2.45, 2.75) is 74.4 Å². The van der Waals surface area contributed by atoms with Crippen LogP contribution in [0.5, 0.6) is 0 Å². The average Bonchev–Trinajstić information content (AvgIpc) is 3.80. The number of aryl methyl sites for hydroxylation is 6. The fourth-order valence-electron chi connectivity index (χ4n) is 8.60. The molecule has 0 bridgehead atoms. The first kappa shape index (κ1) is 44.1. The molecule has 0 radical (unpaired) electrons. The van der Waals surface area contributed by atoms with Crippen molar-refractivity contribution in [2.75, 3.05) is 79.0 Å². The van der Waals surface area contributed by atoms with E-state index in [1.807, 2.05) is 0 Å². The largest absolute Gasteiger partial charge is 0.308 e. The number of hydrogen-bond acceptors (Lipinski definition) is 8. The minimum Gasteiger partial charge on any atom is -0.308 e. The first-order valence-corrected chi connectivity index (χ1v) is 22.6. The molecule has 0 N–H and O–H groups in total. The van der Waals surface area contributed by atoms with Crippen molar-refractivity contribution in [3.8, 4) is 0 Å². The summed E-state index contributed by atoms with van der Waals surface area (Å²) in [5.41, 5.74) is 13.6. The van der Waals surface area contributed by atoms with Gasteiger partial charge in [-0.2, -0.15) is 0 Å². The third-order valence-corrected chi connectivity index (χ3v) is 12.3. The van der Waals surface area contributed by atoms with Crippen molar-refractivity contribution in [3.63, 3.8) is 0 Å². The molecule has 10 heteroatoms. The van der Waals surface area contributed by atoms with E-state index in [0.717, 1.165) is 97.5 Å². The summed E-state index contributed by atoms with van der Waals surface area (Å²) in [6.07, 6.45) is 10.9. The van der Waals surface area contributed by atoms with Gasteiger partial charge in [0.05, 0.1) is 13.1 Å². The number of fused-ring (bicyclic) bond motifs is 2. The van der Waals surface area contributed by atoms with E-state index in [2.05, 4.69) is 169 Å². The van der Waals surface area contributed by atoms with Gasteiger partial charge in [-0.1, -0.05) is 93.6 Å². The lowest BCUT2D eigenvalue weighted by molar-refractivity contribution is 0.148. The molecule has 61 heavy (non-hydrogen) atoms. The summed E-state index contributed by atoms with van der Waals surface area (Å²) in [5.74, 6) is 2.20. The molecule has 0 saturated carbocycles. The molecule has 6 aromatic rings. The van der Waals surface area contributed by atoms with E-state index in [4.69, 9.17) is 19.9 Å². The Bertz CT molecular complexity index is 2400. The summed E-state index contributed by atoms with van der Waals surface area (Å²) in [6, 6.07) is 22.0. The molecule has 6 heterocycles. The average molecular weight is 821 g/mol. The van der Waals surface area contributed by atoms with Crippen LogP contribution in [0.1, 0.15) is 77.2 Å². The van der Waals surface area contributed by atoms with Crippen LogP contribution in [-0.2, 0) is 25.9 Å². The Morgan fingerprint density at radius 2 is 0.902 bits per heavy atom. The highest BCUT2D eigenvalue weighted by Crippen LogP contribution is 2.23. The van der Waals surface area contributed by atoms with Crippen LogP contribution in [0, 0.1) is 27.7 Å². The lowest BCUT2D eigenvalue weighted by Crippen LogP contribution is -2.45. The second-order valence-corrected chi connectivity index (χ2v) is 17.1. The molecule has 0 aliphatic carbocycles. The molecule has 322 valence electrons. The minimum atomic E-state index is 0.806. The van der Waals surface area contributed by atoms with Crippen molar-refractivity contribution in [3.05, 3.63) is 129 Å². The molecule has 2 aromatic carbocycles. The van der Waals surface area contributed by atoms with Gasteiger partial charge in [-0.25, -0.2) is 19.9 Å². The van der Waals surface area contributed by atoms with Gasteiger partial charge in [0, 0.05) is 89.7 Å². The van der Waals surface area contributed by atoms with Crippen LogP contribution in [0.3, 0.4) is 0 Å². The van der Waals surface area contributed by atoms with Crippen LogP contribution in [0.2, 0.25) is 0 Å². The van der Waals surface area contributed by atoms with E-state index in [1.165, 1.54) is 79.2 Å². The zero-order valence-corrected chi connectivity index (χ0v) is 38.2. The summed E-state index contributed by atoms with van der Waals surface area (Å²) < 4.78 is 4.55. The van der Waals surface area contributed by atoms with E-state index in [-0.39, 0.29) is 0 Å². The molecule has 0 spiro atoms. The maximum atomic E-state index is 4.86. The fraction of sp³-hybridized carbons (Fsp3) is 0.451. The molecule has 8 rings (SSSR count). The molecule has 2 fully saturated rings. The van der Waals surface area contributed by atoms with Gasteiger partial charge in [0.1, 0.15) is 22.7 Å². The van der Waals surface area contributed by atoms with Gasteiger partial charge in [-0.05, 0) is 86.8 Å². The number of imidazole rings is 2. The zero-order valence-electron chi connectivity index (χ0n) is 38.2. The highest BCUT2D eigenvalue weighted by Gasteiger charge is 2.17. The number of benzene rings is 2. The SMILES string of the molecule is CCc1nc2c(C)cc(C)nc2n1Cc1ccc(/C=C/CN2CCN(C)CC2)cc1.CCc1nc2c(C)cc(C)nc2n1Cc1ccc(/C=C/CN2CCN(CC)CC2)cc1. The predicted octanol–water partition coefficient (Wildman–Crippen LogP) is 8.23.